The summed E-state index contributed by atoms with van der Waals surface area (Å²) in [5.74, 6) is -0.104. The molecule has 0 unspecified atom stereocenters. The topological polar surface area (TPSA) is 88.4 Å². The highest BCUT2D eigenvalue weighted by atomic mass is 32.2. The number of thioether (sulfide) groups is 1. The molecule has 0 atom stereocenters. The number of amides is 1. The molecule has 2 aromatic rings. The molecule has 25 heavy (non-hydrogen) atoms. The molecule has 1 N–H and O–H groups in total. The van der Waals surface area contributed by atoms with Gasteiger partial charge in [0.15, 0.2) is 6.61 Å². The first kappa shape index (κ1) is 18.4. The highest BCUT2D eigenvalue weighted by molar-refractivity contribution is 8.00. The third-order valence-electron chi connectivity index (χ3n) is 3.06. The van der Waals surface area contributed by atoms with Crippen LogP contribution >= 0.6 is 11.8 Å². The SMILES string of the molecule is COc1ccc(SCC(=O)OCC(=O)Nc2cccc(C#N)c2)cc1. The molecule has 0 bridgehead atoms. The van der Waals surface area contributed by atoms with Crippen LogP contribution in [-0.2, 0) is 14.3 Å². The molecule has 0 radical (unpaired) electrons. The predicted molar refractivity (Wildman–Crippen MR) is 94.5 cm³/mol. The summed E-state index contributed by atoms with van der Waals surface area (Å²) in [5.41, 5.74) is 0.915. The maximum Gasteiger partial charge on any atom is 0.316 e. The van der Waals surface area contributed by atoms with E-state index < -0.39 is 11.9 Å². The van der Waals surface area contributed by atoms with Crippen LogP contribution in [0, 0.1) is 11.3 Å². The number of benzene rings is 2. The summed E-state index contributed by atoms with van der Waals surface area (Å²) in [7, 11) is 1.58. The monoisotopic (exact) mass is 356 g/mol. The molecule has 0 heterocycles. The molecule has 1 amide bonds. The number of esters is 1. The fourth-order valence-corrected chi connectivity index (χ4v) is 2.56. The van der Waals surface area contributed by atoms with Crippen LogP contribution in [-0.4, -0.2) is 31.3 Å². The summed E-state index contributed by atoms with van der Waals surface area (Å²) in [4.78, 5) is 24.4. The molecule has 0 aromatic heterocycles. The third-order valence-corrected chi connectivity index (χ3v) is 4.04. The normalized spacial score (nSPS) is 9.76. The second kappa shape index (κ2) is 9.35. The first-order valence-corrected chi connectivity index (χ1v) is 8.32. The Labute approximate surface area is 149 Å². The van der Waals surface area contributed by atoms with Crippen molar-refractivity contribution in [3.8, 4) is 11.8 Å². The van der Waals surface area contributed by atoms with Gasteiger partial charge in [-0.3, -0.25) is 9.59 Å². The molecular weight excluding hydrogens is 340 g/mol. The van der Waals surface area contributed by atoms with Crippen molar-refractivity contribution >= 4 is 29.3 Å². The number of carbonyl (C=O) groups excluding carboxylic acids is 2. The molecule has 128 valence electrons. The lowest BCUT2D eigenvalue weighted by Crippen LogP contribution is -2.21. The molecule has 6 nitrogen and oxygen atoms in total. The van der Waals surface area contributed by atoms with Crippen molar-refractivity contribution < 1.29 is 19.1 Å². The lowest BCUT2D eigenvalue weighted by atomic mass is 10.2. The Hall–Kier alpha value is -2.98. The average molecular weight is 356 g/mol. The molecule has 2 aromatic carbocycles. The van der Waals surface area contributed by atoms with Crippen LogP contribution in [0.2, 0.25) is 0 Å². The van der Waals surface area contributed by atoms with E-state index >= 15 is 0 Å². The molecule has 0 aliphatic carbocycles. The summed E-state index contributed by atoms with van der Waals surface area (Å²) >= 11 is 1.31. The molecule has 0 saturated heterocycles. The largest absolute Gasteiger partial charge is 0.497 e. The van der Waals surface area contributed by atoms with Gasteiger partial charge in [-0.1, -0.05) is 6.07 Å². The van der Waals surface area contributed by atoms with Crippen molar-refractivity contribution in [3.05, 3.63) is 54.1 Å². The van der Waals surface area contributed by atoms with Gasteiger partial charge in [0.1, 0.15) is 5.75 Å². The van der Waals surface area contributed by atoms with Crippen LogP contribution in [0.3, 0.4) is 0 Å². The summed E-state index contributed by atoms with van der Waals surface area (Å²) in [6.07, 6.45) is 0. The number of carbonyl (C=O) groups is 2. The summed E-state index contributed by atoms with van der Waals surface area (Å²) < 4.78 is 10.00. The zero-order valence-corrected chi connectivity index (χ0v) is 14.3. The van der Waals surface area contributed by atoms with Gasteiger partial charge in [0.05, 0.1) is 24.5 Å². The van der Waals surface area contributed by atoms with Crippen molar-refractivity contribution in [1.82, 2.24) is 0 Å². The predicted octanol–water partition coefficient (Wildman–Crippen LogP) is 2.84. The minimum absolute atomic E-state index is 0.101. The van der Waals surface area contributed by atoms with Gasteiger partial charge in [0.2, 0.25) is 0 Å². The quantitative estimate of drug-likeness (QED) is 0.606. The second-order valence-corrected chi connectivity index (χ2v) is 5.91. The Morgan fingerprint density at radius 1 is 1.20 bits per heavy atom. The Morgan fingerprint density at radius 2 is 1.96 bits per heavy atom. The Kier molecular flexibility index (Phi) is 6.87. The van der Waals surface area contributed by atoms with Crippen molar-refractivity contribution in [2.45, 2.75) is 4.90 Å². The lowest BCUT2D eigenvalue weighted by Gasteiger charge is -2.07. The summed E-state index contributed by atoms with van der Waals surface area (Å²) in [5, 5.41) is 11.4. The number of nitrogens with one attached hydrogen (secondary N) is 1. The maximum absolute atomic E-state index is 11.8. The fourth-order valence-electron chi connectivity index (χ4n) is 1.87. The molecule has 0 aliphatic rings. The number of hydrogen-bond acceptors (Lipinski definition) is 6. The molecule has 0 spiro atoms. The van der Waals surface area contributed by atoms with E-state index in [1.807, 2.05) is 18.2 Å². The van der Waals surface area contributed by atoms with Gasteiger partial charge in [-0.2, -0.15) is 5.26 Å². The maximum atomic E-state index is 11.8. The number of ether oxygens (including phenoxy) is 2. The Morgan fingerprint density at radius 3 is 2.64 bits per heavy atom. The van der Waals surface area contributed by atoms with Crippen LogP contribution in [0.4, 0.5) is 5.69 Å². The van der Waals surface area contributed by atoms with E-state index in [-0.39, 0.29) is 12.4 Å². The van der Waals surface area contributed by atoms with Crippen LogP contribution in [0.15, 0.2) is 53.4 Å². The first-order valence-electron chi connectivity index (χ1n) is 7.33. The van der Waals surface area contributed by atoms with Crippen LogP contribution < -0.4 is 10.1 Å². The van der Waals surface area contributed by atoms with Gasteiger partial charge in [0, 0.05) is 10.6 Å². The Balaban J connectivity index is 1.73. The number of nitriles is 1. The van der Waals surface area contributed by atoms with Crippen LogP contribution in [0.1, 0.15) is 5.56 Å². The van der Waals surface area contributed by atoms with Gasteiger partial charge < -0.3 is 14.8 Å². The lowest BCUT2D eigenvalue weighted by molar-refractivity contribution is -0.144. The third kappa shape index (κ3) is 6.20. The van der Waals surface area contributed by atoms with Crippen LogP contribution in [0.5, 0.6) is 5.75 Å². The van der Waals surface area contributed by atoms with E-state index in [9.17, 15) is 9.59 Å². The smallest absolute Gasteiger partial charge is 0.316 e. The number of nitrogens with zero attached hydrogens (tertiary/aromatic N) is 1. The Bertz CT molecular complexity index is 784. The molecular formula is C18H16N2O4S. The van der Waals surface area contributed by atoms with E-state index in [0.29, 0.717) is 11.3 Å². The number of methoxy groups -OCH3 is 1. The zero-order chi connectivity index (χ0) is 18.1. The van der Waals surface area contributed by atoms with E-state index in [0.717, 1.165) is 10.6 Å². The van der Waals surface area contributed by atoms with E-state index in [1.54, 1.807) is 43.5 Å². The molecule has 0 saturated carbocycles. The summed E-state index contributed by atoms with van der Waals surface area (Å²) in [6, 6.07) is 15.7. The molecule has 0 aliphatic heterocycles. The zero-order valence-electron chi connectivity index (χ0n) is 13.5. The highest BCUT2D eigenvalue weighted by Crippen LogP contribution is 2.21. The van der Waals surface area contributed by atoms with Crippen molar-refractivity contribution in [2.24, 2.45) is 0 Å². The van der Waals surface area contributed by atoms with Gasteiger partial charge in [0.25, 0.3) is 5.91 Å². The first-order chi connectivity index (χ1) is 12.1. The van der Waals surface area contributed by atoms with Crippen molar-refractivity contribution in [2.75, 3.05) is 24.8 Å². The minimum atomic E-state index is -0.484. The number of hydrogen-bond donors (Lipinski definition) is 1. The van der Waals surface area contributed by atoms with E-state index in [2.05, 4.69) is 5.32 Å². The van der Waals surface area contributed by atoms with Crippen molar-refractivity contribution in [1.29, 1.82) is 5.26 Å². The van der Waals surface area contributed by atoms with Crippen molar-refractivity contribution in [3.63, 3.8) is 0 Å². The van der Waals surface area contributed by atoms with E-state index in [4.69, 9.17) is 14.7 Å². The summed E-state index contributed by atoms with van der Waals surface area (Å²) in [6.45, 7) is -0.376. The molecule has 7 heteroatoms. The number of anilines is 1. The standard InChI is InChI=1S/C18H16N2O4S/c1-23-15-5-7-16(8-6-15)25-12-18(22)24-11-17(21)20-14-4-2-3-13(9-14)10-19/h2-9H,11-12H2,1H3,(H,20,21). The van der Waals surface area contributed by atoms with Crippen LogP contribution in [0.25, 0.3) is 0 Å². The van der Waals surface area contributed by atoms with E-state index in [1.165, 1.54) is 11.8 Å². The highest BCUT2D eigenvalue weighted by Gasteiger charge is 2.09. The van der Waals surface area contributed by atoms with Gasteiger partial charge in [-0.25, -0.2) is 0 Å². The number of rotatable bonds is 7. The average Bonchev–Trinajstić information content (AvgIpc) is 2.65. The van der Waals surface area contributed by atoms with Gasteiger partial charge in [-0.15, -0.1) is 11.8 Å². The molecule has 2 rings (SSSR count). The second-order valence-electron chi connectivity index (χ2n) is 4.87. The van der Waals surface area contributed by atoms with Gasteiger partial charge in [-0.05, 0) is 42.5 Å². The van der Waals surface area contributed by atoms with Gasteiger partial charge >= 0.3 is 5.97 Å². The fraction of sp³-hybridized carbons (Fsp3) is 0.167. The molecule has 0 fully saturated rings. The minimum Gasteiger partial charge on any atom is -0.497 e.